The number of hydrogen-bond acceptors (Lipinski definition) is 6. The Bertz CT molecular complexity index is 994. The normalized spacial score (nSPS) is 12.9. The van der Waals surface area contributed by atoms with E-state index in [1.807, 2.05) is 43.3 Å². The average Bonchev–Trinajstić information content (AvgIpc) is 3.09. The fourth-order valence-corrected chi connectivity index (χ4v) is 3.60. The monoisotopic (exact) mass is 409 g/mol. The van der Waals surface area contributed by atoms with Crippen LogP contribution in [0.5, 0.6) is 11.5 Å². The SMILES string of the molecule is CCOc1ccc(-c2c(NCCOC)oc3c2COCOc2ccc(C)cc2-3)cc1. The number of anilines is 1. The molecular weight excluding hydrogens is 382 g/mol. The maximum absolute atomic E-state index is 6.38. The summed E-state index contributed by atoms with van der Waals surface area (Å²) in [6.07, 6.45) is 0. The Balaban J connectivity index is 1.85. The minimum Gasteiger partial charge on any atom is -0.494 e. The van der Waals surface area contributed by atoms with Crippen LogP contribution in [0, 0.1) is 6.92 Å². The van der Waals surface area contributed by atoms with E-state index in [4.69, 9.17) is 23.4 Å². The Morgan fingerprint density at radius 1 is 1.10 bits per heavy atom. The third-order valence-electron chi connectivity index (χ3n) is 4.98. The summed E-state index contributed by atoms with van der Waals surface area (Å²) in [5, 5.41) is 3.38. The van der Waals surface area contributed by atoms with E-state index in [2.05, 4.69) is 18.3 Å². The Kier molecular flexibility index (Phi) is 6.26. The first kappa shape index (κ1) is 20.3. The molecule has 0 atom stereocenters. The molecule has 6 heteroatoms. The van der Waals surface area contributed by atoms with E-state index in [-0.39, 0.29) is 6.79 Å². The third-order valence-corrected chi connectivity index (χ3v) is 4.98. The van der Waals surface area contributed by atoms with Crippen LogP contribution in [0.2, 0.25) is 0 Å². The molecule has 2 heterocycles. The fraction of sp³-hybridized carbons (Fsp3) is 0.333. The molecule has 0 spiro atoms. The Morgan fingerprint density at radius 2 is 1.93 bits per heavy atom. The molecule has 0 saturated heterocycles. The first-order valence-electron chi connectivity index (χ1n) is 10.1. The second-order valence-corrected chi connectivity index (χ2v) is 7.10. The molecule has 4 rings (SSSR count). The van der Waals surface area contributed by atoms with Gasteiger partial charge in [0.2, 0.25) is 5.88 Å². The van der Waals surface area contributed by atoms with Crippen LogP contribution in [0.3, 0.4) is 0 Å². The lowest BCUT2D eigenvalue weighted by Crippen LogP contribution is -2.08. The van der Waals surface area contributed by atoms with Crippen molar-refractivity contribution in [2.24, 2.45) is 0 Å². The largest absolute Gasteiger partial charge is 0.494 e. The summed E-state index contributed by atoms with van der Waals surface area (Å²) >= 11 is 0. The van der Waals surface area contributed by atoms with Gasteiger partial charge in [0.05, 0.1) is 30.9 Å². The van der Waals surface area contributed by atoms with Crippen LogP contribution in [-0.4, -0.2) is 33.7 Å². The van der Waals surface area contributed by atoms with Crippen molar-refractivity contribution in [3.05, 3.63) is 53.6 Å². The number of nitrogens with one attached hydrogen (secondary N) is 1. The van der Waals surface area contributed by atoms with E-state index in [1.54, 1.807) is 7.11 Å². The summed E-state index contributed by atoms with van der Waals surface area (Å²) in [5.41, 5.74) is 5.08. The van der Waals surface area contributed by atoms with Gasteiger partial charge in [-0.25, -0.2) is 0 Å². The summed E-state index contributed by atoms with van der Waals surface area (Å²) in [7, 11) is 1.68. The zero-order chi connectivity index (χ0) is 20.9. The Morgan fingerprint density at radius 3 is 2.70 bits per heavy atom. The molecule has 158 valence electrons. The van der Waals surface area contributed by atoms with E-state index >= 15 is 0 Å². The second-order valence-electron chi connectivity index (χ2n) is 7.10. The molecule has 6 nitrogen and oxygen atoms in total. The predicted molar refractivity (Wildman–Crippen MR) is 116 cm³/mol. The zero-order valence-electron chi connectivity index (χ0n) is 17.6. The second kappa shape index (κ2) is 9.24. The van der Waals surface area contributed by atoms with Gasteiger partial charge in [0.1, 0.15) is 17.3 Å². The number of aryl methyl sites for hydroxylation is 1. The number of benzene rings is 2. The highest BCUT2D eigenvalue weighted by Gasteiger charge is 2.26. The molecule has 0 bridgehead atoms. The number of ether oxygens (including phenoxy) is 4. The molecule has 0 radical (unpaired) electrons. The molecule has 0 aliphatic carbocycles. The van der Waals surface area contributed by atoms with Crippen molar-refractivity contribution in [1.82, 2.24) is 0 Å². The van der Waals surface area contributed by atoms with Crippen LogP contribution in [0.15, 0.2) is 46.9 Å². The van der Waals surface area contributed by atoms with Crippen LogP contribution < -0.4 is 14.8 Å². The highest BCUT2D eigenvalue weighted by atomic mass is 16.7. The average molecular weight is 409 g/mol. The molecule has 1 aliphatic rings. The van der Waals surface area contributed by atoms with Crippen LogP contribution >= 0.6 is 0 Å². The number of methoxy groups -OCH3 is 1. The number of rotatable bonds is 7. The van der Waals surface area contributed by atoms with E-state index in [1.165, 1.54) is 0 Å². The highest BCUT2D eigenvalue weighted by molar-refractivity contribution is 5.86. The first-order chi connectivity index (χ1) is 14.7. The van der Waals surface area contributed by atoms with E-state index in [0.29, 0.717) is 32.2 Å². The van der Waals surface area contributed by atoms with Gasteiger partial charge in [0.15, 0.2) is 6.79 Å². The number of fused-ring (bicyclic) bond motifs is 3. The van der Waals surface area contributed by atoms with E-state index in [0.717, 1.165) is 45.1 Å². The maximum atomic E-state index is 6.38. The van der Waals surface area contributed by atoms with Crippen molar-refractivity contribution < 1.29 is 23.4 Å². The van der Waals surface area contributed by atoms with Crippen LogP contribution in [0.25, 0.3) is 22.5 Å². The van der Waals surface area contributed by atoms with Gasteiger partial charge in [-0.15, -0.1) is 0 Å². The summed E-state index contributed by atoms with van der Waals surface area (Å²) in [4.78, 5) is 0. The Hall–Kier alpha value is -2.96. The lowest BCUT2D eigenvalue weighted by atomic mass is 9.98. The predicted octanol–water partition coefficient (Wildman–Crippen LogP) is 5.25. The third kappa shape index (κ3) is 4.15. The lowest BCUT2D eigenvalue weighted by Gasteiger charge is -2.16. The van der Waals surface area contributed by atoms with Gasteiger partial charge in [0.25, 0.3) is 0 Å². The van der Waals surface area contributed by atoms with Crippen LogP contribution in [0.1, 0.15) is 18.1 Å². The van der Waals surface area contributed by atoms with Gasteiger partial charge < -0.3 is 28.7 Å². The van der Waals surface area contributed by atoms with Gasteiger partial charge in [-0.05, 0) is 43.7 Å². The molecule has 1 aliphatic heterocycles. The van der Waals surface area contributed by atoms with E-state index < -0.39 is 0 Å². The number of furan rings is 1. The Labute approximate surface area is 176 Å². The molecule has 3 aromatic rings. The van der Waals surface area contributed by atoms with Crippen molar-refractivity contribution >= 4 is 5.88 Å². The van der Waals surface area contributed by atoms with Crippen molar-refractivity contribution in [3.63, 3.8) is 0 Å². The summed E-state index contributed by atoms with van der Waals surface area (Å²) < 4.78 is 28.8. The molecule has 30 heavy (non-hydrogen) atoms. The quantitative estimate of drug-likeness (QED) is 0.538. The molecular formula is C24H27NO5. The van der Waals surface area contributed by atoms with Gasteiger partial charge in [0, 0.05) is 19.2 Å². The van der Waals surface area contributed by atoms with Gasteiger partial charge in [-0.1, -0.05) is 23.8 Å². The minimum atomic E-state index is 0.190. The lowest BCUT2D eigenvalue weighted by molar-refractivity contribution is 0.00385. The van der Waals surface area contributed by atoms with Crippen LogP contribution in [0.4, 0.5) is 5.88 Å². The molecule has 0 fully saturated rings. The zero-order valence-corrected chi connectivity index (χ0v) is 17.6. The van der Waals surface area contributed by atoms with Gasteiger partial charge in [-0.2, -0.15) is 0 Å². The van der Waals surface area contributed by atoms with Gasteiger partial charge in [-0.3, -0.25) is 0 Å². The van der Waals surface area contributed by atoms with Crippen molar-refractivity contribution in [1.29, 1.82) is 0 Å². The standard InChI is InChI=1S/C24H27NO5/c1-4-28-18-8-6-17(7-9-18)22-20-14-27-15-29-21-10-5-16(2)13-19(21)23(20)30-24(22)25-11-12-26-3/h5-10,13,25H,4,11-12,14-15H2,1-3H3. The molecule has 1 N–H and O–H groups in total. The summed E-state index contributed by atoms with van der Waals surface area (Å²) in [5.74, 6) is 3.04. The molecule has 0 amide bonds. The summed E-state index contributed by atoms with van der Waals surface area (Å²) in [6.45, 7) is 6.45. The number of hydrogen-bond donors (Lipinski definition) is 1. The van der Waals surface area contributed by atoms with Crippen LogP contribution in [-0.2, 0) is 16.1 Å². The minimum absolute atomic E-state index is 0.190. The summed E-state index contributed by atoms with van der Waals surface area (Å²) in [6, 6.07) is 14.1. The molecule has 1 aromatic heterocycles. The van der Waals surface area contributed by atoms with Crippen molar-refractivity contribution in [3.8, 4) is 33.9 Å². The molecule has 2 aromatic carbocycles. The molecule has 0 unspecified atom stereocenters. The van der Waals surface area contributed by atoms with Crippen molar-refractivity contribution in [2.45, 2.75) is 20.5 Å². The maximum Gasteiger partial charge on any atom is 0.201 e. The topological polar surface area (TPSA) is 62.1 Å². The van der Waals surface area contributed by atoms with Crippen molar-refractivity contribution in [2.75, 3.05) is 39.0 Å². The first-order valence-corrected chi connectivity index (χ1v) is 10.1. The molecule has 0 saturated carbocycles. The van der Waals surface area contributed by atoms with E-state index in [9.17, 15) is 0 Å². The fourth-order valence-electron chi connectivity index (χ4n) is 3.60. The smallest absolute Gasteiger partial charge is 0.201 e. The van der Waals surface area contributed by atoms with Gasteiger partial charge >= 0.3 is 0 Å². The highest BCUT2D eigenvalue weighted by Crippen LogP contribution is 2.45.